The van der Waals surface area contributed by atoms with E-state index in [9.17, 15) is 9.59 Å². The van der Waals surface area contributed by atoms with Crippen molar-refractivity contribution in [3.05, 3.63) is 60.2 Å². The van der Waals surface area contributed by atoms with Crippen molar-refractivity contribution < 1.29 is 9.59 Å². The van der Waals surface area contributed by atoms with Crippen LogP contribution in [0.2, 0.25) is 0 Å². The summed E-state index contributed by atoms with van der Waals surface area (Å²) in [6, 6.07) is 6.73. The van der Waals surface area contributed by atoms with Crippen LogP contribution >= 0.6 is 0 Å². The van der Waals surface area contributed by atoms with E-state index in [0.29, 0.717) is 11.1 Å². The molecule has 19 heavy (non-hydrogen) atoms. The Morgan fingerprint density at radius 2 is 1.58 bits per heavy atom. The summed E-state index contributed by atoms with van der Waals surface area (Å²) in [6.45, 7) is 0. The number of aromatic nitrogens is 2. The van der Waals surface area contributed by atoms with E-state index in [1.807, 2.05) is 0 Å². The fourth-order valence-electron chi connectivity index (χ4n) is 1.15. The van der Waals surface area contributed by atoms with Crippen LogP contribution in [0.5, 0.6) is 0 Å². The molecule has 6 nitrogen and oxygen atoms in total. The van der Waals surface area contributed by atoms with Gasteiger partial charge in [0.15, 0.2) is 0 Å². The lowest BCUT2D eigenvalue weighted by Gasteiger charge is -1.95. The zero-order chi connectivity index (χ0) is 14.1. The molecule has 2 aromatic heterocycles. The number of nitrogens with zero attached hydrogens (tertiary/aromatic N) is 2. The molecule has 0 spiro atoms. The molecular weight excluding hydrogens is 244 g/mol. The van der Waals surface area contributed by atoms with Gasteiger partial charge in [-0.15, -0.1) is 0 Å². The minimum absolute atomic E-state index is 0.104. The number of hydrogen-bond donors (Lipinski definition) is 2. The maximum Gasteiger partial charge on any atom is 0.252 e. The highest BCUT2D eigenvalue weighted by Gasteiger charge is 1.99. The summed E-state index contributed by atoms with van der Waals surface area (Å²) in [6.07, 6.45) is 6.18. The summed E-state index contributed by atoms with van der Waals surface area (Å²) < 4.78 is 0. The Kier molecular flexibility index (Phi) is 5.68. The van der Waals surface area contributed by atoms with E-state index in [1.54, 1.807) is 43.7 Å². The second-order valence-corrected chi connectivity index (χ2v) is 3.43. The largest absolute Gasteiger partial charge is 0.366 e. The highest BCUT2D eigenvalue weighted by Crippen LogP contribution is 1.93. The molecule has 0 bridgehead atoms. The minimum atomic E-state index is -0.442. The Hall–Kier alpha value is -2.76. The normalized spacial score (nSPS) is 8.89. The standard InChI is InChI=1S/C7H8N2O.C6H6N2O/c1-8-7(10)6-3-2-4-9-5-6;7-6(9)5-2-1-3-8-4-5/h2-5H,1H3,(H,8,10);1-4H,(H2,7,9). The Morgan fingerprint density at radius 1 is 1.05 bits per heavy atom. The van der Waals surface area contributed by atoms with Gasteiger partial charge in [-0.3, -0.25) is 19.6 Å². The van der Waals surface area contributed by atoms with Crippen molar-refractivity contribution in [3.8, 4) is 0 Å². The molecular formula is C13H14N4O2. The van der Waals surface area contributed by atoms with Crippen LogP contribution in [0.1, 0.15) is 20.7 Å². The smallest absolute Gasteiger partial charge is 0.252 e. The molecule has 0 aliphatic carbocycles. The first-order chi connectivity index (χ1) is 9.15. The molecule has 3 N–H and O–H groups in total. The molecule has 2 rings (SSSR count). The Labute approximate surface area is 110 Å². The Bertz CT molecular complexity index is 529. The van der Waals surface area contributed by atoms with Crippen LogP contribution in [0.15, 0.2) is 49.1 Å². The van der Waals surface area contributed by atoms with Gasteiger partial charge in [-0.25, -0.2) is 0 Å². The van der Waals surface area contributed by atoms with Crippen LogP contribution in [0, 0.1) is 0 Å². The van der Waals surface area contributed by atoms with Crippen LogP contribution in [-0.4, -0.2) is 28.8 Å². The van der Waals surface area contributed by atoms with Crippen molar-refractivity contribution in [3.63, 3.8) is 0 Å². The summed E-state index contributed by atoms with van der Waals surface area (Å²) in [4.78, 5) is 28.7. The van der Waals surface area contributed by atoms with Gasteiger partial charge in [-0.1, -0.05) is 0 Å². The number of primary amides is 1. The fraction of sp³-hybridized carbons (Fsp3) is 0.0769. The summed E-state index contributed by atoms with van der Waals surface area (Å²) >= 11 is 0. The lowest BCUT2D eigenvalue weighted by atomic mass is 10.3. The van der Waals surface area contributed by atoms with E-state index >= 15 is 0 Å². The third-order valence-electron chi connectivity index (χ3n) is 2.10. The van der Waals surface area contributed by atoms with Crippen LogP contribution in [0.4, 0.5) is 0 Å². The first-order valence-electron chi connectivity index (χ1n) is 5.47. The average molecular weight is 258 g/mol. The number of nitrogens with two attached hydrogens (primary N) is 1. The number of rotatable bonds is 2. The van der Waals surface area contributed by atoms with Crippen molar-refractivity contribution in [2.75, 3.05) is 7.05 Å². The van der Waals surface area contributed by atoms with E-state index in [2.05, 4.69) is 15.3 Å². The molecule has 0 aliphatic heterocycles. The van der Waals surface area contributed by atoms with Gasteiger partial charge in [0.05, 0.1) is 11.1 Å². The Morgan fingerprint density at radius 3 is 1.89 bits per heavy atom. The number of hydrogen-bond acceptors (Lipinski definition) is 4. The van der Waals surface area contributed by atoms with Gasteiger partial charge in [0, 0.05) is 31.8 Å². The van der Waals surface area contributed by atoms with Crippen molar-refractivity contribution in [2.24, 2.45) is 5.73 Å². The second-order valence-electron chi connectivity index (χ2n) is 3.43. The van der Waals surface area contributed by atoms with E-state index in [-0.39, 0.29) is 5.91 Å². The molecule has 0 aromatic carbocycles. The van der Waals surface area contributed by atoms with E-state index in [1.165, 1.54) is 12.4 Å². The summed E-state index contributed by atoms with van der Waals surface area (Å²) in [5.74, 6) is -0.545. The van der Waals surface area contributed by atoms with E-state index in [4.69, 9.17) is 5.73 Å². The molecule has 2 amide bonds. The summed E-state index contributed by atoms with van der Waals surface area (Å²) in [5, 5.41) is 2.50. The molecule has 0 saturated carbocycles. The molecule has 0 atom stereocenters. The van der Waals surface area contributed by atoms with Crippen LogP contribution < -0.4 is 11.1 Å². The van der Waals surface area contributed by atoms with Crippen LogP contribution in [0.25, 0.3) is 0 Å². The molecule has 0 unspecified atom stereocenters. The van der Waals surface area contributed by atoms with E-state index < -0.39 is 5.91 Å². The molecule has 2 aromatic rings. The second kappa shape index (κ2) is 7.54. The molecule has 0 aliphatic rings. The predicted molar refractivity (Wildman–Crippen MR) is 70.4 cm³/mol. The number of carbonyl (C=O) groups excluding carboxylic acids is 2. The number of nitrogens with one attached hydrogen (secondary N) is 1. The van der Waals surface area contributed by atoms with Crippen molar-refractivity contribution in [1.29, 1.82) is 0 Å². The van der Waals surface area contributed by atoms with Crippen molar-refractivity contribution >= 4 is 11.8 Å². The van der Waals surface area contributed by atoms with Gasteiger partial charge in [-0.05, 0) is 24.3 Å². The van der Waals surface area contributed by atoms with Crippen molar-refractivity contribution in [2.45, 2.75) is 0 Å². The summed E-state index contributed by atoms with van der Waals surface area (Å²) in [5.41, 5.74) is 5.96. The van der Waals surface area contributed by atoms with Gasteiger partial charge in [0.25, 0.3) is 5.91 Å². The van der Waals surface area contributed by atoms with Gasteiger partial charge < -0.3 is 11.1 Å². The van der Waals surface area contributed by atoms with Gasteiger partial charge in [0.1, 0.15) is 0 Å². The monoisotopic (exact) mass is 258 g/mol. The maximum atomic E-state index is 10.9. The van der Waals surface area contributed by atoms with Crippen LogP contribution in [-0.2, 0) is 0 Å². The van der Waals surface area contributed by atoms with Gasteiger partial charge >= 0.3 is 0 Å². The molecule has 0 fully saturated rings. The minimum Gasteiger partial charge on any atom is -0.366 e. The van der Waals surface area contributed by atoms with Gasteiger partial charge in [0.2, 0.25) is 5.91 Å². The van der Waals surface area contributed by atoms with Crippen molar-refractivity contribution in [1.82, 2.24) is 15.3 Å². The zero-order valence-electron chi connectivity index (χ0n) is 10.4. The zero-order valence-corrected chi connectivity index (χ0v) is 10.4. The fourth-order valence-corrected chi connectivity index (χ4v) is 1.15. The van der Waals surface area contributed by atoms with Gasteiger partial charge in [-0.2, -0.15) is 0 Å². The third-order valence-corrected chi connectivity index (χ3v) is 2.10. The molecule has 0 saturated heterocycles. The molecule has 6 heteroatoms. The first kappa shape index (κ1) is 14.3. The predicted octanol–water partition coefficient (Wildman–Crippen LogP) is 0.622. The third kappa shape index (κ3) is 4.95. The Balaban J connectivity index is 0.000000191. The lowest BCUT2D eigenvalue weighted by Crippen LogP contribution is -2.17. The topological polar surface area (TPSA) is 98.0 Å². The average Bonchev–Trinajstić information content (AvgIpc) is 2.49. The van der Waals surface area contributed by atoms with Crippen LogP contribution in [0.3, 0.4) is 0 Å². The quantitative estimate of drug-likeness (QED) is 0.825. The highest BCUT2D eigenvalue weighted by molar-refractivity contribution is 5.93. The number of pyridine rings is 2. The molecule has 98 valence electrons. The first-order valence-corrected chi connectivity index (χ1v) is 5.47. The maximum absolute atomic E-state index is 10.9. The molecule has 2 heterocycles. The van der Waals surface area contributed by atoms with E-state index in [0.717, 1.165) is 0 Å². The molecule has 0 radical (unpaired) electrons. The lowest BCUT2D eigenvalue weighted by molar-refractivity contribution is 0.0961. The number of amides is 2. The highest BCUT2D eigenvalue weighted by atomic mass is 16.1. The summed E-state index contributed by atoms with van der Waals surface area (Å²) in [7, 11) is 1.59. The SMILES string of the molecule is CNC(=O)c1cccnc1.NC(=O)c1cccnc1. The number of carbonyl (C=O) groups is 2.